The number of hydrogen-bond donors (Lipinski definition) is 0. The van der Waals surface area contributed by atoms with Crippen LogP contribution in [-0.4, -0.2) is 15.7 Å². The molecule has 0 bridgehead atoms. The summed E-state index contributed by atoms with van der Waals surface area (Å²) in [4.78, 5) is 14.7. The van der Waals surface area contributed by atoms with Crippen molar-refractivity contribution in [3.05, 3.63) is 34.7 Å². The summed E-state index contributed by atoms with van der Waals surface area (Å²) < 4.78 is 2.53. The standard InChI is InChI=1S/C8H5BrN2O/c9-7-4-11-3-1-2-6(5-12)8(11)10-7/h1-5H. The summed E-state index contributed by atoms with van der Waals surface area (Å²) >= 11 is 3.24. The Morgan fingerprint density at radius 2 is 2.42 bits per heavy atom. The molecule has 0 amide bonds. The number of hydrogen-bond acceptors (Lipinski definition) is 2. The van der Waals surface area contributed by atoms with Gasteiger partial charge >= 0.3 is 0 Å². The number of aromatic nitrogens is 2. The van der Waals surface area contributed by atoms with Crippen molar-refractivity contribution >= 4 is 27.9 Å². The van der Waals surface area contributed by atoms with E-state index in [2.05, 4.69) is 20.9 Å². The van der Waals surface area contributed by atoms with Crippen molar-refractivity contribution in [1.29, 1.82) is 0 Å². The minimum atomic E-state index is 0.600. The Bertz CT molecular complexity index is 436. The van der Waals surface area contributed by atoms with Gasteiger partial charge in [0.2, 0.25) is 0 Å². The first-order valence-electron chi connectivity index (χ1n) is 3.39. The number of imidazole rings is 1. The number of carbonyl (C=O) groups excluding carboxylic acids is 1. The fourth-order valence-electron chi connectivity index (χ4n) is 1.10. The number of rotatable bonds is 1. The summed E-state index contributed by atoms with van der Waals surface area (Å²) in [5.74, 6) is 0. The van der Waals surface area contributed by atoms with Crippen molar-refractivity contribution in [2.75, 3.05) is 0 Å². The molecule has 2 rings (SSSR count). The molecule has 2 aromatic heterocycles. The fourth-order valence-corrected chi connectivity index (χ4v) is 1.49. The maximum absolute atomic E-state index is 10.6. The molecule has 0 saturated heterocycles. The van der Waals surface area contributed by atoms with Crippen LogP contribution < -0.4 is 0 Å². The molecule has 0 unspecified atom stereocenters. The summed E-state index contributed by atoms with van der Waals surface area (Å²) in [5.41, 5.74) is 1.28. The van der Waals surface area contributed by atoms with Gasteiger partial charge in [0.25, 0.3) is 0 Å². The van der Waals surface area contributed by atoms with E-state index in [1.165, 1.54) is 0 Å². The monoisotopic (exact) mass is 224 g/mol. The minimum Gasteiger partial charge on any atom is -0.305 e. The SMILES string of the molecule is O=Cc1cccn2cc(Br)nc12. The highest BCUT2D eigenvalue weighted by Gasteiger charge is 2.02. The number of carbonyl (C=O) groups is 1. The number of pyridine rings is 1. The molecule has 0 spiro atoms. The lowest BCUT2D eigenvalue weighted by molar-refractivity contribution is 0.112. The summed E-state index contributed by atoms with van der Waals surface area (Å²) in [7, 11) is 0. The summed E-state index contributed by atoms with van der Waals surface area (Å²) in [6, 6.07) is 3.55. The highest BCUT2D eigenvalue weighted by molar-refractivity contribution is 9.10. The molecule has 0 aliphatic heterocycles. The van der Waals surface area contributed by atoms with E-state index in [1.54, 1.807) is 10.5 Å². The Kier molecular flexibility index (Phi) is 1.69. The van der Waals surface area contributed by atoms with E-state index in [9.17, 15) is 4.79 Å². The van der Waals surface area contributed by atoms with E-state index in [0.29, 0.717) is 11.2 Å². The molecule has 0 aliphatic carbocycles. The lowest BCUT2D eigenvalue weighted by atomic mass is 10.3. The van der Waals surface area contributed by atoms with E-state index in [0.717, 1.165) is 10.9 Å². The van der Waals surface area contributed by atoms with Gasteiger partial charge in [0.15, 0.2) is 6.29 Å². The van der Waals surface area contributed by atoms with Gasteiger partial charge in [-0.1, -0.05) is 0 Å². The molecular formula is C8H5BrN2O. The van der Waals surface area contributed by atoms with Gasteiger partial charge in [-0.05, 0) is 28.1 Å². The van der Waals surface area contributed by atoms with Crippen LogP contribution in [-0.2, 0) is 0 Å². The molecule has 0 aromatic carbocycles. The molecule has 4 heteroatoms. The van der Waals surface area contributed by atoms with Crippen LogP contribution in [0.15, 0.2) is 29.1 Å². The first kappa shape index (κ1) is 7.49. The highest BCUT2D eigenvalue weighted by atomic mass is 79.9. The Labute approximate surface area is 77.2 Å². The third-order valence-corrected chi connectivity index (χ3v) is 1.99. The first-order valence-corrected chi connectivity index (χ1v) is 4.19. The molecule has 2 heterocycles. The van der Waals surface area contributed by atoms with Gasteiger partial charge in [0, 0.05) is 12.4 Å². The zero-order valence-electron chi connectivity index (χ0n) is 6.07. The second-order valence-electron chi connectivity index (χ2n) is 2.38. The topological polar surface area (TPSA) is 34.4 Å². The van der Waals surface area contributed by atoms with E-state index in [-0.39, 0.29) is 0 Å². The molecule has 0 fully saturated rings. The molecule has 0 saturated carbocycles. The highest BCUT2D eigenvalue weighted by Crippen LogP contribution is 2.12. The minimum absolute atomic E-state index is 0.600. The van der Waals surface area contributed by atoms with E-state index >= 15 is 0 Å². The molecule has 0 aliphatic rings. The molecule has 12 heavy (non-hydrogen) atoms. The Morgan fingerprint density at radius 3 is 3.17 bits per heavy atom. The maximum Gasteiger partial charge on any atom is 0.153 e. The molecular weight excluding hydrogens is 220 g/mol. The van der Waals surface area contributed by atoms with Crippen LogP contribution in [0.3, 0.4) is 0 Å². The van der Waals surface area contributed by atoms with Crippen LogP contribution >= 0.6 is 15.9 Å². The van der Waals surface area contributed by atoms with Crippen molar-refractivity contribution in [2.24, 2.45) is 0 Å². The average Bonchev–Trinajstić information content (AvgIpc) is 2.44. The second kappa shape index (κ2) is 2.71. The molecule has 0 atom stereocenters. The largest absolute Gasteiger partial charge is 0.305 e. The average molecular weight is 225 g/mol. The summed E-state index contributed by atoms with van der Waals surface area (Å²) in [6.07, 6.45) is 4.46. The van der Waals surface area contributed by atoms with Crippen LogP contribution in [0.25, 0.3) is 5.65 Å². The lowest BCUT2D eigenvalue weighted by Gasteiger charge is -1.93. The smallest absolute Gasteiger partial charge is 0.153 e. The molecule has 0 N–H and O–H groups in total. The fraction of sp³-hybridized carbons (Fsp3) is 0. The predicted octanol–water partition coefficient (Wildman–Crippen LogP) is 1.91. The number of halogens is 1. The van der Waals surface area contributed by atoms with Gasteiger partial charge in [-0.25, -0.2) is 4.98 Å². The van der Waals surface area contributed by atoms with Gasteiger partial charge in [-0.3, -0.25) is 4.79 Å². The second-order valence-corrected chi connectivity index (χ2v) is 3.19. The van der Waals surface area contributed by atoms with E-state index in [1.807, 2.05) is 18.5 Å². The van der Waals surface area contributed by atoms with Gasteiger partial charge < -0.3 is 4.40 Å². The quantitative estimate of drug-likeness (QED) is 0.694. The zero-order chi connectivity index (χ0) is 8.55. The third-order valence-electron chi connectivity index (χ3n) is 1.61. The van der Waals surface area contributed by atoms with Gasteiger partial charge in [0.05, 0.1) is 5.56 Å². The normalized spacial score (nSPS) is 10.4. The molecule has 60 valence electrons. The van der Waals surface area contributed by atoms with Crippen molar-refractivity contribution < 1.29 is 4.79 Å². The predicted molar refractivity (Wildman–Crippen MR) is 48.3 cm³/mol. The van der Waals surface area contributed by atoms with E-state index in [4.69, 9.17) is 0 Å². The van der Waals surface area contributed by atoms with Crippen LogP contribution in [0.4, 0.5) is 0 Å². The number of fused-ring (bicyclic) bond motifs is 1. The van der Waals surface area contributed by atoms with Crippen molar-refractivity contribution in [2.45, 2.75) is 0 Å². The third kappa shape index (κ3) is 1.04. The van der Waals surface area contributed by atoms with Crippen molar-refractivity contribution in [1.82, 2.24) is 9.38 Å². The molecule has 3 nitrogen and oxygen atoms in total. The van der Waals surface area contributed by atoms with Crippen molar-refractivity contribution in [3.63, 3.8) is 0 Å². The lowest BCUT2D eigenvalue weighted by Crippen LogP contribution is -1.88. The Morgan fingerprint density at radius 1 is 1.58 bits per heavy atom. The summed E-state index contributed by atoms with van der Waals surface area (Å²) in [6.45, 7) is 0. The number of nitrogens with zero attached hydrogens (tertiary/aromatic N) is 2. The van der Waals surface area contributed by atoms with Crippen molar-refractivity contribution in [3.8, 4) is 0 Å². The Balaban J connectivity index is 2.86. The van der Waals surface area contributed by atoms with Crippen LogP contribution in [0.2, 0.25) is 0 Å². The van der Waals surface area contributed by atoms with Gasteiger partial charge in [-0.15, -0.1) is 0 Å². The van der Waals surface area contributed by atoms with E-state index < -0.39 is 0 Å². The van der Waals surface area contributed by atoms with Gasteiger partial charge in [0.1, 0.15) is 10.3 Å². The first-order chi connectivity index (χ1) is 5.81. The van der Waals surface area contributed by atoms with Crippen LogP contribution in [0.1, 0.15) is 10.4 Å². The van der Waals surface area contributed by atoms with Crippen LogP contribution in [0, 0.1) is 0 Å². The Hall–Kier alpha value is -1.16. The summed E-state index contributed by atoms with van der Waals surface area (Å²) in [5, 5.41) is 0. The zero-order valence-corrected chi connectivity index (χ0v) is 7.65. The van der Waals surface area contributed by atoms with Gasteiger partial charge in [-0.2, -0.15) is 0 Å². The number of aldehydes is 1. The molecule has 2 aromatic rings. The molecule has 0 radical (unpaired) electrons. The van der Waals surface area contributed by atoms with Crippen LogP contribution in [0.5, 0.6) is 0 Å². The maximum atomic E-state index is 10.6.